The minimum Gasteiger partial charge on any atom is -0.484 e. The topological polar surface area (TPSA) is 9.23 Å². The Morgan fingerprint density at radius 1 is 0.969 bits per heavy atom. The van der Waals surface area contributed by atoms with Gasteiger partial charge in [0.05, 0.1) is 0 Å². The van der Waals surface area contributed by atoms with Crippen molar-refractivity contribution in [2.75, 3.05) is 0 Å². The zero-order chi connectivity index (χ0) is 21.5. The summed E-state index contributed by atoms with van der Waals surface area (Å²) in [6.07, 6.45) is 27.6. The highest BCUT2D eigenvalue weighted by Crippen LogP contribution is 2.50. The quantitative estimate of drug-likeness (QED) is 0.391. The molecule has 5 aliphatic rings. The monoisotopic (exact) mass is 484 g/mol. The van der Waals surface area contributed by atoms with Crippen LogP contribution in [-0.4, -0.2) is 6.10 Å². The summed E-state index contributed by atoms with van der Waals surface area (Å²) in [7, 11) is 0. The van der Waals surface area contributed by atoms with Crippen LogP contribution in [0.5, 0.6) is 0 Å². The average molecular weight is 485 g/mol. The first-order valence-corrected chi connectivity index (χ1v) is 12.9. The summed E-state index contributed by atoms with van der Waals surface area (Å²) in [5.41, 5.74) is 8.31. The van der Waals surface area contributed by atoms with Gasteiger partial charge in [0.15, 0.2) is 0 Å². The smallest absolute Gasteiger partial charge is 0.131 e. The van der Waals surface area contributed by atoms with Gasteiger partial charge >= 0.3 is 0 Å². The fourth-order valence-corrected chi connectivity index (χ4v) is 6.19. The Hall–Kier alpha value is -2.32. The Bertz CT molecular complexity index is 1150. The van der Waals surface area contributed by atoms with Crippen LogP contribution in [0.2, 0.25) is 0 Å². The van der Waals surface area contributed by atoms with Gasteiger partial charge in [-0.3, -0.25) is 0 Å². The van der Waals surface area contributed by atoms with E-state index in [4.69, 9.17) is 4.74 Å². The highest BCUT2D eigenvalue weighted by Gasteiger charge is 2.38. The van der Waals surface area contributed by atoms with Crippen molar-refractivity contribution in [3.63, 3.8) is 0 Å². The lowest BCUT2D eigenvalue weighted by Gasteiger charge is -2.26. The summed E-state index contributed by atoms with van der Waals surface area (Å²) in [4.78, 5) is 0. The maximum Gasteiger partial charge on any atom is 0.131 e. The van der Waals surface area contributed by atoms with Crippen molar-refractivity contribution in [2.45, 2.75) is 51.0 Å². The van der Waals surface area contributed by atoms with Crippen molar-refractivity contribution in [2.24, 2.45) is 11.8 Å². The van der Waals surface area contributed by atoms with Gasteiger partial charge in [-0.25, -0.2) is 0 Å². The van der Waals surface area contributed by atoms with Crippen molar-refractivity contribution in [3.8, 4) is 0 Å². The molecule has 162 valence electrons. The minimum absolute atomic E-state index is 0.168. The number of hydrogen-bond donors (Lipinski definition) is 0. The summed E-state index contributed by atoms with van der Waals surface area (Å²) in [6, 6.07) is 8.66. The molecule has 0 radical (unpaired) electrons. The van der Waals surface area contributed by atoms with E-state index in [0.29, 0.717) is 11.8 Å². The summed E-state index contributed by atoms with van der Waals surface area (Å²) in [6.45, 7) is 0. The second-order valence-electron chi connectivity index (χ2n) is 9.50. The number of ether oxygens (including phenoxy) is 1. The zero-order valence-corrected chi connectivity index (χ0v) is 20.0. The third kappa shape index (κ3) is 3.73. The van der Waals surface area contributed by atoms with E-state index in [0.717, 1.165) is 35.9 Å². The molecule has 6 rings (SSSR count). The van der Waals surface area contributed by atoms with Gasteiger partial charge < -0.3 is 4.74 Å². The molecule has 3 atom stereocenters. The first-order valence-electron chi connectivity index (χ1n) is 12.1. The van der Waals surface area contributed by atoms with E-state index >= 15 is 0 Å². The van der Waals surface area contributed by atoms with Gasteiger partial charge in [0.1, 0.15) is 11.9 Å². The Morgan fingerprint density at radius 3 is 2.75 bits per heavy atom. The molecule has 1 aromatic carbocycles. The van der Waals surface area contributed by atoms with Gasteiger partial charge in [0.2, 0.25) is 0 Å². The largest absolute Gasteiger partial charge is 0.484 e. The summed E-state index contributed by atoms with van der Waals surface area (Å²) < 4.78 is 7.79. The van der Waals surface area contributed by atoms with E-state index in [1.807, 2.05) is 0 Å². The molecule has 1 heterocycles. The third-order valence-corrected chi connectivity index (χ3v) is 7.92. The Kier molecular flexibility index (Phi) is 5.43. The molecule has 4 aliphatic carbocycles. The second-order valence-corrected chi connectivity index (χ2v) is 10.4. The summed E-state index contributed by atoms with van der Waals surface area (Å²) in [5, 5.41) is 0. The fourth-order valence-electron chi connectivity index (χ4n) is 5.79. The molecule has 2 heteroatoms. The molecular formula is C30H29BrO. The molecule has 0 aromatic heterocycles. The van der Waals surface area contributed by atoms with Gasteiger partial charge in [-0.15, -0.1) is 0 Å². The normalized spacial score (nSPS) is 28.8. The Morgan fingerprint density at radius 2 is 1.94 bits per heavy atom. The van der Waals surface area contributed by atoms with E-state index in [2.05, 4.69) is 88.8 Å². The maximum absolute atomic E-state index is 6.68. The van der Waals surface area contributed by atoms with Gasteiger partial charge in [0, 0.05) is 33.9 Å². The molecule has 3 unspecified atom stereocenters. The SMILES string of the molecule is Brc1cccc(C2=CC(C3=CCCC=C3)CC3=C2OC2CC=C(C4C=CCCC4)C=C32)c1. The number of allylic oxidation sites excluding steroid dienone is 10. The average Bonchev–Trinajstić information content (AvgIpc) is 3.22. The standard InChI is InChI=1S/C30H29BrO/c31-25-13-7-12-23(16-25)26-18-24(21-10-5-2-6-11-21)19-28-27-17-22(20-8-3-1-4-9-20)14-15-29(27)32-30(26)28/h3,5,7-8,10-14,16-18,20,24,29H,1-2,4,6,9,15,19H2. The molecule has 0 amide bonds. The summed E-state index contributed by atoms with van der Waals surface area (Å²) >= 11 is 3.67. The highest BCUT2D eigenvalue weighted by atomic mass is 79.9. The first-order chi connectivity index (χ1) is 15.8. The van der Waals surface area contributed by atoms with Crippen molar-refractivity contribution in [3.05, 3.63) is 111 Å². The predicted octanol–water partition coefficient (Wildman–Crippen LogP) is 8.39. The Labute approximate surface area is 199 Å². The zero-order valence-electron chi connectivity index (χ0n) is 18.4. The van der Waals surface area contributed by atoms with Gasteiger partial charge in [-0.1, -0.05) is 76.7 Å². The molecular weight excluding hydrogens is 456 g/mol. The number of benzene rings is 1. The van der Waals surface area contributed by atoms with Crippen LogP contribution in [0.4, 0.5) is 0 Å². The molecule has 1 aliphatic heterocycles. The molecule has 0 N–H and O–H groups in total. The van der Waals surface area contributed by atoms with Crippen LogP contribution in [0.1, 0.15) is 50.5 Å². The van der Waals surface area contributed by atoms with Crippen molar-refractivity contribution >= 4 is 21.5 Å². The van der Waals surface area contributed by atoms with E-state index in [1.54, 1.807) is 0 Å². The number of fused-ring (bicyclic) bond motifs is 2. The molecule has 0 spiro atoms. The van der Waals surface area contributed by atoms with Crippen LogP contribution < -0.4 is 0 Å². The molecule has 1 aromatic rings. The van der Waals surface area contributed by atoms with E-state index in [9.17, 15) is 0 Å². The van der Waals surface area contributed by atoms with Crippen LogP contribution >= 0.6 is 15.9 Å². The van der Waals surface area contributed by atoms with Crippen LogP contribution in [0.3, 0.4) is 0 Å². The van der Waals surface area contributed by atoms with Crippen molar-refractivity contribution in [1.29, 1.82) is 0 Å². The van der Waals surface area contributed by atoms with Gasteiger partial charge in [0.25, 0.3) is 0 Å². The van der Waals surface area contributed by atoms with Crippen LogP contribution in [-0.2, 0) is 4.74 Å². The molecule has 1 nitrogen and oxygen atoms in total. The number of rotatable bonds is 3. The van der Waals surface area contributed by atoms with Gasteiger partial charge in [-0.05, 0) is 72.9 Å². The van der Waals surface area contributed by atoms with Crippen molar-refractivity contribution in [1.82, 2.24) is 0 Å². The molecule has 0 bridgehead atoms. The minimum atomic E-state index is 0.168. The molecule has 32 heavy (non-hydrogen) atoms. The lowest BCUT2D eigenvalue weighted by atomic mass is 9.77. The van der Waals surface area contributed by atoms with E-state index < -0.39 is 0 Å². The summed E-state index contributed by atoms with van der Waals surface area (Å²) in [5.74, 6) is 2.10. The maximum atomic E-state index is 6.68. The molecule has 0 fully saturated rings. The predicted molar refractivity (Wildman–Crippen MR) is 136 cm³/mol. The molecule has 0 saturated carbocycles. The lowest BCUT2D eigenvalue weighted by Crippen LogP contribution is -2.15. The Balaban J connectivity index is 1.42. The van der Waals surface area contributed by atoms with Crippen LogP contribution in [0.25, 0.3) is 5.57 Å². The van der Waals surface area contributed by atoms with E-state index in [-0.39, 0.29) is 6.10 Å². The lowest BCUT2D eigenvalue weighted by molar-refractivity contribution is 0.179. The van der Waals surface area contributed by atoms with Crippen LogP contribution in [0.15, 0.2) is 105 Å². The number of halogens is 1. The van der Waals surface area contributed by atoms with Crippen LogP contribution in [0, 0.1) is 11.8 Å². The first kappa shape index (κ1) is 20.3. The van der Waals surface area contributed by atoms with Gasteiger partial charge in [-0.2, -0.15) is 0 Å². The molecule has 0 saturated heterocycles. The fraction of sp³-hybridized carbons (Fsp3) is 0.333. The second kappa shape index (κ2) is 8.56. The van der Waals surface area contributed by atoms with Crippen molar-refractivity contribution < 1.29 is 4.74 Å². The van der Waals surface area contributed by atoms with E-state index in [1.165, 1.54) is 52.7 Å². The highest BCUT2D eigenvalue weighted by molar-refractivity contribution is 9.10. The number of hydrogen-bond acceptors (Lipinski definition) is 1. The third-order valence-electron chi connectivity index (χ3n) is 7.43.